The Morgan fingerprint density at radius 1 is 1.17 bits per heavy atom. The van der Waals surface area contributed by atoms with Crippen LogP contribution in [0.3, 0.4) is 0 Å². The molecular formula is C24H27N3O2S. The molecule has 3 aromatic rings. The number of methoxy groups -OCH3 is 1. The number of rotatable bonds is 6. The van der Waals surface area contributed by atoms with Crippen molar-refractivity contribution >= 4 is 28.2 Å². The molecule has 30 heavy (non-hydrogen) atoms. The van der Waals surface area contributed by atoms with Crippen LogP contribution >= 0.6 is 12.2 Å². The first-order chi connectivity index (χ1) is 14.6. The summed E-state index contributed by atoms with van der Waals surface area (Å²) >= 11 is 5.77. The molecule has 1 aliphatic rings. The van der Waals surface area contributed by atoms with E-state index < -0.39 is 0 Å². The fourth-order valence-electron chi connectivity index (χ4n) is 4.12. The van der Waals surface area contributed by atoms with Gasteiger partial charge in [-0.2, -0.15) is 0 Å². The minimum absolute atomic E-state index is 0.0680. The van der Waals surface area contributed by atoms with Gasteiger partial charge in [-0.3, -0.25) is 4.79 Å². The number of thiocarbonyl (C=S) groups is 1. The lowest BCUT2D eigenvalue weighted by Crippen LogP contribution is -2.45. The summed E-state index contributed by atoms with van der Waals surface area (Å²) in [6.07, 6.45) is 4.61. The molecule has 0 unspecified atom stereocenters. The van der Waals surface area contributed by atoms with E-state index in [1.165, 1.54) is 18.4 Å². The first-order valence-electron chi connectivity index (χ1n) is 10.4. The predicted molar refractivity (Wildman–Crippen MR) is 125 cm³/mol. The summed E-state index contributed by atoms with van der Waals surface area (Å²) in [5, 5.41) is 5.06. The van der Waals surface area contributed by atoms with Crippen molar-refractivity contribution in [2.24, 2.45) is 0 Å². The van der Waals surface area contributed by atoms with Crippen LogP contribution in [0.1, 0.15) is 36.8 Å². The Hall–Kier alpha value is -2.86. The highest BCUT2D eigenvalue weighted by Crippen LogP contribution is 2.26. The number of H-pyrrole nitrogens is 1. The van der Waals surface area contributed by atoms with Crippen LogP contribution in [0, 0.1) is 0 Å². The number of nitrogens with zero attached hydrogens (tertiary/aromatic N) is 1. The van der Waals surface area contributed by atoms with Crippen molar-refractivity contribution in [2.45, 2.75) is 44.8 Å². The number of hydrogen-bond donors (Lipinski definition) is 2. The smallest absolute Gasteiger partial charge is 0.253 e. The standard InChI is InChI=1S/C24H27N3O2S/c1-29-21-11-12-22-18(14-21)13-19(23(28)26-22)16-27(20-9-5-6-10-20)24(30)25-15-17-7-3-2-4-8-17/h2-4,7-8,11-14,20H,5-6,9-10,15-16H2,1H3,(H,25,30)(H,26,28). The minimum atomic E-state index is -0.0680. The molecule has 0 atom stereocenters. The molecule has 0 amide bonds. The maximum absolute atomic E-state index is 12.8. The molecule has 0 saturated heterocycles. The van der Waals surface area contributed by atoms with Gasteiger partial charge in [0.25, 0.3) is 5.56 Å². The van der Waals surface area contributed by atoms with Crippen LogP contribution in [-0.4, -0.2) is 28.1 Å². The summed E-state index contributed by atoms with van der Waals surface area (Å²) in [6, 6.07) is 18.2. The molecule has 0 radical (unpaired) electrons. The maximum atomic E-state index is 12.8. The molecule has 0 aliphatic heterocycles. The number of fused-ring (bicyclic) bond motifs is 1. The van der Waals surface area contributed by atoms with Gasteiger partial charge in [0.15, 0.2) is 5.11 Å². The van der Waals surface area contributed by atoms with Crippen LogP contribution in [0.25, 0.3) is 10.9 Å². The topological polar surface area (TPSA) is 57.4 Å². The van der Waals surface area contributed by atoms with Crippen LogP contribution in [0.4, 0.5) is 0 Å². The van der Waals surface area contributed by atoms with E-state index in [0.29, 0.717) is 29.8 Å². The quantitative estimate of drug-likeness (QED) is 0.580. The van der Waals surface area contributed by atoms with E-state index in [1.807, 2.05) is 42.5 Å². The van der Waals surface area contributed by atoms with Crippen molar-refractivity contribution in [3.63, 3.8) is 0 Å². The average Bonchev–Trinajstić information content (AvgIpc) is 3.31. The number of aromatic nitrogens is 1. The van der Waals surface area contributed by atoms with Gasteiger partial charge in [-0.1, -0.05) is 43.2 Å². The zero-order chi connectivity index (χ0) is 20.9. The van der Waals surface area contributed by atoms with E-state index >= 15 is 0 Å². The van der Waals surface area contributed by atoms with Gasteiger partial charge in [0.05, 0.1) is 13.7 Å². The van der Waals surface area contributed by atoms with E-state index in [9.17, 15) is 4.79 Å². The molecule has 0 bridgehead atoms. The molecule has 156 valence electrons. The molecule has 1 fully saturated rings. The third-order valence-corrected chi connectivity index (χ3v) is 6.16. The van der Waals surface area contributed by atoms with Crippen molar-refractivity contribution < 1.29 is 4.74 Å². The lowest BCUT2D eigenvalue weighted by Gasteiger charge is -2.31. The lowest BCUT2D eigenvalue weighted by atomic mass is 10.1. The monoisotopic (exact) mass is 421 g/mol. The first kappa shape index (κ1) is 20.4. The summed E-state index contributed by atoms with van der Waals surface area (Å²) in [6.45, 7) is 1.17. The van der Waals surface area contributed by atoms with Crippen LogP contribution < -0.4 is 15.6 Å². The van der Waals surface area contributed by atoms with Gasteiger partial charge >= 0.3 is 0 Å². The molecule has 1 aromatic heterocycles. The van der Waals surface area contributed by atoms with Crippen LogP contribution in [0.2, 0.25) is 0 Å². The van der Waals surface area contributed by atoms with Gasteiger partial charge in [0.2, 0.25) is 0 Å². The zero-order valence-corrected chi connectivity index (χ0v) is 18.0. The zero-order valence-electron chi connectivity index (χ0n) is 17.2. The highest BCUT2D eigenvalue weighted by molar-refractivity contribution is 7.80. The Balaban J connectivity index is 1.57. The van der Waals surface area contributed by atoms with Crippen molar-refractivity contribution in [1.82, 2.24) is 15.2 Å². The van der Waals surface area contributed by atoms with E-state index in [1.54, 1.807) is 7.11 Å². The van der Waals surface area contributed by atoms with E-state index in [-0.39, 0.29) is 5.56 Å². The molecule has 2 N–H and O–H groups in total. The Morgan fingerprint density at radius 2 is 1.93 bits per heavy atom. The fourth-order valence-corrected chi connectivity index (χ4v) is 4.40. The van der Waals surface area contributed by atoms with Crippen LogP contribution in [0.5, 0.6) is 5.75 Å². The molecule has 1 heterocycles. The van der Waals surface area contributed by atoms with Gasteiger partial charge in [-0.25, -0.2) is 0 Å². The summed E-state index contributed by atoms with van der Waals surface area (Å²) in [5.41, 5.74) is 2.64. The summed E-state index contributed by atoms with van der Waals surface area (Å²) in [7, 11) is 1.65. The van der Waals surface area contributed by atoms with Crippen molar-refractivity contribution in [2.75, 3.05) is 7.11 Å². The second kappa shape index (κ2) is 9.30. The van der Waals surface area contributed by atoms with Gasteiger partial charge in [-0.15, -0.1) is 0 Å². The lowest BCUT2D eigenvalue weighted by molar-refractivity contribution is 0.302. The Bertz CT molecular complexity index is 1070. The van der Waals surface area contributed by atoms with Gasteiger partial charge in [0.1, 0.15) is 5.75 Å². The van der Waals surface area contributed by atoms with E-state index in [2.05, 4.69) is 27.3 Å². The van der Waals surface area contributed by atoms with E-state index in [4.69, 9.17) is 17.0 Å². The van der Waals surface area contributed by atoms with Gasteiger partial charge in [-0.05, 0) is 54.9 Å². The predicted octanol–water partition coefficient (Wildman–Crippen LogP) is 4.36. The number of benzene rings is 2. The maximum Gasteiger partial charge on any atom is 0.253 e. The molecule has 4 rings (SSSR count). The molecular weight excluding hydrogens is 394 g/mol. The SMILES string of the molecule is COc1ccc2[nH]c(=O)c(CN(C(=S)NCc3ccccc3)C3CCCC3)cc2c1. The van der Waals surface area contributed by atoms with Crippen molar-refractivity contribution in [3.8, 4) is 5.75 Å². The largest absolute Gasteiger partial charge is 0.497 e. The van der Waals surface area contributed by atoms with Gasteiger partial charge in [0, 0.05) is 29.1 Å². The molecule has 2 aromatic carbocycles. The number of pyridine rings is 1. The Kier molecular flexibility index (Phi) is 6.33. The number of hydrogen-bond acceptors (Lipinski definition) is 3. The summed E-state index contributed by atoms with van der Waals surface area (Å²) in [4.78, 5) is 18.0. The highest BCUT2D eigenvalue weighted by atomic mass is 32.1. The first-order valence-corrected chi connectivity index (χ1v) is 10.8. The number of nitrogens with one attached hydrogen (secondary N) is 2. The molecule has 6 heteroatoms. The molecule has 1 aliphatic carbocycles. The van der Waals surface area contributed by atoms with E-state index in [0.717, 1.165) is 29.5 Å². The summed E-state index contributed by atoms with van der Waals surface area (Å²) < 4.78 is 5.33. The average molecular weight is 422 g/mol. The Labute approximate surface area is 182 Å². The van der Waals surface area contributed by atoms with Crippen LogP contribution in [-0.2, 0) is 13.1 Å². The summed E-state index contributed by atoms with van der Waals surface area (Å²) in [5.74, 6) is 0.771. The molecule has 5 nitrogen and oxygen atoms in total. The Morgan fingerprint density at radius 3 is 2.67 bits per heavy atom. The van der Waals surface area contributed by atoms with Crippen molar-refractivity contribution in [3.05, 3.63) is 76.1 Å². The molecule has 1 saturated carbocycles. The number of aromatic amines is 1. The third-order valence-electron chi connectivity index (χ3n) is 5.78. The fraction of sp³-hybridized carbons (Fsp3) is 0.333. The normalized spacial score (nSPS) is 14.0. The minimum Gasteiger partial charge on any atom is -0.497 e. The second-order valence-corrected chi connectivity index (χ2v) is 8.17. The third kappa shape index (κ3) is 4.65. The second-order valence-electron chi connectivity index (χ2n) is 7.79. The number of ether oxygens (including phenoxy) is 1. The molecule has 0 spiro atoms. The van der Waals surface area contributed by atoms with Crippen molar-refractivity contribution in [1.29, 1.82) is 0 Å². The van der Waals surface area contributed by atoms with Crippen LogP contribution in [0.15, 0.2) is 59.4 Å². The highest BCUT2D eigenvalue weighted by Gasteiger charge is 2.25. The van der Waals surface area contributed by atoms with Gasteiger partial charge < -0.3 is 19.9 Å².